The molecular formula is C14H26N4S. The highest BCUT2D eigenvalue weighted by molar-refractivity contribution is 7.09. The molecular weight excluding hydrogens is 256 g/mol. The Morgan fingerprint density at radius 2 is 2.00 bits per heavy atom. The number of piperidine rings is 1. The Balaban J connectivity index is 1.72. The lowest BCUT2D eigenvalue weighted by atomic mass is 9.94. The number of rotatable bonds is 4. The van der Waals surface area contributed by atoms with Crippen molar-refractivity contribution in [1.29, 1.82) is 0 Å². The summed E-state index contributed by atoms with van der Waals surface area (Å²) in [6, 6.07) is 0. The predicted octanol–water partition coefficient (Wildman–Crippen LogP) is 2.98. The topological polar surface area (TPSA) is 41.0 Å². The van der Waals surface area contributed by atoms with Gasteiger partial charge in [0.25, 0.3) is 0 Å². The fourth-order valence-electron chi connectivity index (χ4n) is 2.33. The molecule has 1 aliphatic rings. The first-order valence-corrected chi connectivity index (χ1v) is 7.99. The van der Waals surface area contributed by atoms with Crippen LogP contribution in [0.15, 0.2) is 0 Å². The number of likely N-dealkylation sites (tertiary alicyclic amines) is 1. The van der Waals surface area contributed by atoms with Gasteiger partial charge in [-0.25, -0.2) is 4.98 Å². The Morgan fingerprint density at radius 3 is 2.58 bits per heavy atom. The van der Waals surface area contributed by atoms with Gasteiger partial charge in [0.2, 0.25) is 5.13 Å². The third-order valence-electron chi connectivity index (χ3n) is 3.76. The standard InChI is InChI=1S/C14H26N4S/c1-14(2,3)12-16-13(19-17-12)15-8-5-11-6-9-18(4)10-7-11/h11H,5-10H2,1-4H3,(H,15,16,17). The monoisotopic (exact) mass is 282 g/mol. The molecule has 0 aromatic carbocycles. The highest BCUT2D eigenvalue weighted by Crippen LogP contribution is 2.24. The predicted molar refractivity (Wildman–Crippen MR) is 81.9 cm³/mol. The van der Waals surface area contributed by atoms with Crippen LogP contribution in [0.5, 0.6) is 0 Å². The smallest absolute Gasteiger partial charge is 0.202 e. The average molecular weight is 282 g/mol. The highest BCUT2D eigenvalue weighted by atomic mass is 32.1. The zero-order valence-corrected chi connectivity index (χ0v) is 13.4. The van der Waals surface area contributed by atoms with E-state index in [1.54, 1.807) is 0 Å². The molecule has 2 rings (SSSR count). The van der Waals surface area contributed by atoms with Gasteiger partial charge in [-0.2, -0.15) is 4.37 Å². The van der Waals surface area contributed by atoms with Crippen LogP contribution >= 0.6 is 11.5 Å². The van der Waals surface area contributed by atoms with Crippen LogP contribution in [0.4, 0.5) is 5.13 Å². The fourth-order valence-corrected chi connectivity index (χ4v) is 3.12. The van der Waals surface area contributed by atoms with E-state index in [1.807, 2.05) is 0 Å². The maximum atomic E-state index is 4.56. The Hall–Kier alpha value is -0.680. The molecule has 0 bridgehead atoms. The quantitative estimate of drug-likeness (QED) is 0.922. The minimum Gasteiger partial charge on any atom is -0.360 e. The summed E-state index contributed by atoms with van der Waals surface area (Å²) in [6.07, 6.45) is 3.92. The van der Waals surface area contributed by atoms with E-state index in [-0.39, 0.29) is 5.41 Å². The van der Waals surface area contributed by atoms with Crippen molar-refractivity contribution >= 4 is 16.7 Å². The minimum atomic E-state index is 0.0460. The number of nitrogens with zero attached hydrogens (tertiary/aromatic N) is 3. The third-order valence-corrected chi connectivity index (χ3v) is 4.44. The zero-order chi connectivity index (χ0) is 13.9. The molecule has 108 valence electrons. The summed E-state index contributed by atoms with van der Waals surface area (Å²) in [6.45, 7) is 9.97. The molecule has 0 saturated carbocycles. The molecule has 1 fully saturated rings. The maximum Gasteiger partial charge on any atom is 0.202 e. The number of aromatic nitrogens is 2. The van der Waals surface area contributed by atoms with Gasteiger partial charge < -0.3 is 10.2 Å². The molecule has 0 amide bonds. The Bertz CT molecular complexity index is 388. The number of hydrogen-bond donors (Lipinski definition) is 1. The van der Waals surface area contributed by atoms with Crippen LogP contribution in [0.2, 0.25) is 0 Å². The van der Waals surface area contributed by atoms with Crippen molar-refractivity contribution in [3.8, 4) is 0 Å². The lowest BCUT2D eigenvalue weighted by Gasteiger charge is -2.28. The van der Waals surface area contributed by atoms with Crippen molar-refractivity contribution < 1.29 is 0 Å². The van der Waals surface area contributed by atoms with Crippen LogP contribution in [0, 0.1) is 5.92 Å². The molecule has 1 saturated heterocycles. The van der Waals surface area contributed by atoms with Gasteiger partial charge in [-0.1, -0.05) is 20.8 Å². The van der Waals surface area contributed by atoms with Crippen molar-refractivity contribution in [3.63, 3.8) is 0 Å². The van der Waals surface area contributed by atoms with Crippen molar-refractivity contribution in [2.45, 2.75) is 45.4 Å². The molecule has 0 unspecified atom stereocenters. The lowest BCUT2D eigenvalue weighted by molar-refractivity contribution is 0.215. The molecule has 0 aliphatic carbocycles. The molecule has 1 aromatic heterocycles. The van der Waals surface area contributed by atoms with E-state index in [1.165, 1.54) is 43.9 Å². The largest absolute Gasteiger partial charge is 0.360 e. The minimum absolute atomic E-state index is 0.0460. The lowest BCUT2D eigenvalue weighted by Crippen LogP contribution is -2.30. The Kier molecular flexibility index (Phi) is 4.79. The van der Waals surface area contributed by atoms with Crippen LogP contribution in [0.25, 0.3) is 0 Å². The zero-order valence-electron chi connectivity index (χ0n) is 12.6. The number of anilines is 1. The summed E-state index contributed by atoms with van der Waals surface area (Å²) in [5, 5.41) is 4.40. The van der Waals surface area contributed by atoms with Gasteiger partial charge in [-0.3, -0.25) is 0 Å². The van der Waals surface area contributed by atoms with E-state index in [2.05, 4.69) is 47.4 Å². The van der Waals surface area contributed by atoms with E-state index < -0.39 is 0 Å². The first-order valence-electron chi connectivity index (χ1n) is 7.22. The maximum absolute atomic E-state index is 4.56. The van der Waals surface area contributed by atoms with Crippen molar-refractivity contribution in [3.05, 3.63) is 5.82 Å². The van der Waals surface area contributed by atoms with Gasteiger partial charge in [0, 0.05) is 23.5 Å². The highest BCUT2D eigenvalue weighted by Gasteiger charge is 2.20. The SMILES string of the molecule is CN1CCC(CCNc2nc(C(C)(C)C)ns2)CC1. The molecule has 4 nitrogen and oxygen atoms in total. The third kappa shape index (κ3) is 4.42. The van der Waals surface area contributed by atoms with Crippen LogP contribution in [-0.2, 0) is 5.41 Å². The van der Waals surface area contributed by atoms with Crippen LogP contribution in [0.1, 0.15) is 45.9 Å². The summed E-state index contributed by atoms with van der Waals surface area (Å²) < 4.78 is 4.42. The first-order chi connectivity index (χ1) is 8.95. The van der Waals surface area contributed by atoms with Crippen LogP contribution < -0.4 is 5.32 Å². The van der Waals surface area contributed by atoms with E-state index in [9.17, 15) is 0 Å². The van der Waals surface area contributed by atoms with Crippen molar-refractivity contribution in [2.24, 2.45) is 5.92 Å². The van der Waals surface area contributed by atoms with Gasteiger partial charge in [-0.15, -0.1) is 0 Å². The van der Waals surface area contributed by atoms with Crippen molar-refractivity contribution in [1.82, 2.24) is 14.3 Å². The van der Waals surface area contributed by atoms with E-state index in [0.29, 0.717) is 0 Å². The van der Waals surface area contributed by atoms with Gasteiger partial charge in [0.05, 0.1) is 0 Å². The Morgan fingerprint density at radius 1 is 1.32 bits per heavy atom. The van der Waals surface area contributed by atoms with Crippen LogP contribution in [0.3, 0.4) is 0 Å². The summed E-state index contributed by atoms with van der Waals surface area (Å²) >= 11 is 1.48. The van der Waals surface area contributed by atoms with Gasteiger partial charge in [-0.05, 0) is 45.3 Å². The summed E-state index contributed by atoms with van der Waals surface area (Å²) in [7, 11) is 2.21. The Labute approximate surface area is 120 Å². The second-order valence-electron chi connectivity index (χ2n) is 6.64. The summed E-state index contributed by atoms with van der Waals surface area (Å²) in [5.74, 6) is 1.82. The molecule has 0 atom stereocenters. The molecule has 1 aliphatic heterocycles. The molecule has 0 spiro atoms. The molecule has 0 radical (unpaired) electrons. The molecule has 19 heavy (non-hydrogen) atoms. The van der Waals surface area contributed by atoms with Crippen molar-refractivity contribution in [2.75, 3.05) is 32.0 Å². The summed E-state index contributed by atoms with van der Waals surface area (Å²) in [4.78, 5) is 6.99. The summed E-state index contributed by atoms with van der Waals surface area (Å²) in [5.41, 5.74) is 0.0460. The molecule has 1 aromatic rings. The average Bonchev–Trinajstić information content (AvgIpc) is 2.80. The second kappa shape index (κ2) is 6.18. The van der Waals surface area contributed by atoms with Gasteiger partial charge in [0.15, 0.2) is 0 Å². The second-order valence-corrected chi connectivity index (χ2v) is 7.39. The number of hydrogen-bond acceptors (Lipinski definition) is 5. The molecule has 1 N–H and O–H groups in total. The van der Waals surface area contributed by atoms with Crippen LogP contribution in [-0.4, -0.2) is 40.9 Å². The number of nitrogens with one attached hydrogen (secondary N) is 1. The van der Waals surface area contributed by atoms with Gasteiger partial charge in [0.1, 0.15) is 5.82 Å². The molecule has 2 heterocycles. The molecule has 5 heteroatoms. The van der Waals surface area contributed by atoms with Gasteiger partial charge >= 0.3 is 0 Å². The first kappa shape index (κ1) is 14.7. The fraction of sp³-hybridized carbons (Fsp3) is 0.857. The van der Waals surface area contributed by atoms with E-state index >= 15 is 0 Å². The van der Waals surface area contributed by atoms with E-state index in [0.717, 1.165) is 23.4 Å². The normalized spacial score (nSPS) is 18.7. The van der Waals surface area contributed by atoms with E-state index in [4.69, 9.17) is 0 Å².